The Morgan fingerprint density at radius 1 is 1.11 bits per heavy atom. The van der Waals surface area contributed by atoms with E-state index in [1.54, 1.807) is 0 Å². The van der Waals surface area contributed by atoms with E-state index in [0.717, 1.165) is 60.1 Å². The van der Waals surface area contributed by atoms with Gasteiger partial charge in [0, 0.05) is 49.7 Å². The molecular weight excluding hydrogens is 470 g/mol. The van der Waals surface area contributed by atoms with Crippen LogP contribution in [0.5, 0.6) is 5.75 Å². The van der Waals surface area contributed by atoms with E-state index >= 15 is 0 Å². The summed E-state index contributed by atoms with van der Waals surface area (Å²) in [5, 5.41) is 0.726. The minimum absolute atomic E-state index is 0.144. The Labute approximate surface area is 220 Å². The molecule has 1 aromatic heterocycles. The second kappa shape index (κ2) is 11.9. The summed E-state index contributed by atoms with van der Waals surface area (Å²) in [6.45, 7) is 7.73. The number of ether oxygens (including phenoxy) is 1. The van der Waals surface area contributed by atoms with Crippen molar-refractivity contribution in [1.82, 2.24) is 14.8 Å². The molecule has 2 aromatic carbocycles. The average Bonchev–Trinajstić information content (AvgIpc) is 2.87. The number of piperidine rings is 1. The van der Waals surface area contributed by atoms with Gasteiger partial charge in [0.15, 0.2) is 0 Å². The Kier molecular flexibility index (Phi) is 8.65. The zero-order valence-electron chi connectivity index (χ0n) is 21.5. The standard InChI is InChI=1S/C30H36ClN3O2/c1-23-9-7-15-32-28(23)20-34-16-8-14-30(21-34,22-36-26-12-13-27(31)24(2)17-26)18-29(35)33(3)19-25-10-5-4-6-11-25/h4-7,9-13,15,17H,8,14,16,18-22H2,1-3H3/t30-/m1/s1. The van der Waals surface area contributed by atoms with Gasteiger partial charge in [-0.05, 0) is 74.2 Å². The van der Waals surface area contributed by atoms with Gasteiger partial charge in [-0.2, -0.15) is 0 Å². The van der Waals surface area contributed by atoms with Crippen molar-refractivity contribution in [2.45, 2.75) is 46.2 Å². The topological polar surface area (TPSA) is 45.7 Å². The van der Waals surface area contributed by atoms with Crippen molar-refractivity contribution in [3.8, 4) is 5.75 Å². The number of rotatable bonds is 9. The zero-order valence-corrected chi connectivity index (χ0v) is 22.3. The molecule has 0 bridgehead atoms. The van der Waals surface area contributed by atoms with Gasteiger partial charge in [-0.3, -0.25) is 14.7 Å². The summed E-state index contributed by atoms with van der Waals surface area (Å²) in [4.78, 5) is 22.3. The number of hydrogen-bond donors (Lipinski definition) is 0. The van der Waals surface area contributed by atoms with Crippen LogP contribution in [0.2, 0.25) is 5.02 Å². The van der Waals surface area contributed by atoms with E-state index in [1.807, 2.05) is 67.5 Å². The van der Waals surface area contributed by atoms with E-state index in [-0.39, 0.29) is 11.3 Å². The molecule has 6 heteroatoms. The highest BCUT2D eigenvalue weighted by atomic mass is 35.5. The molecule has 3 aromatic rings. The molecule has 0 aliphatic carbocycles. The molecule has 36 heavy (non-hydrogen) atoms. The maximum Gasteiger partial charge on any atom is 0.223 e. The SMILES string of the molecule is Cc1cc(OC[C@@]2(CC(=O)N(C)Cc3ccccc3)CCCN(Cc3ncccc3C)C2)ccc1Cl. The molecular formula is C30H36ClN3O2. The fourth-order valence-corrected chi connectivity index (χ4v) is 5.12. The molecule has 1 aliphatic rings. The van der Waals surface area contributed by atoms with Crippen molar-refractivity contribution < 1.29 is 9.53 Å². The number of carbonyl (C=O) groups excluding carboxylic acids is 1. The van der Waals surface area contributed by atoms with Crippen LogP contribution in [0.4, 0.5) is 0 Å². The van der Waals surface area contributed by atoms with Crippen molar-refractivity contribution in [2.75, 3.05) is 26.7 Å². The van der Waals surface area contributed by atoms with Crippen LogP contribution in [-0.2, 0) is 17.9 Å². The molecule has 2 heterocycles. The van der Waals surface area contributed by atoms with Crippen molar-refractivity contribution in [3.63, 3.8) is 0 Å². The van der Waals surface area contributed by atoms with E-state index in [9.17, 15) is 4.79 Å². The van der Waals surface area contributed by atoms with Gasteiger partial charge >= 0.3 is 0 Å². The van der Waals surface area contributed by atoms with Gasteiger partial charge in [-0.25, -0.2) is 0 Å². The maximum absolute atomic E-state index is 13.5. The van der Waals surface area contributed by atoms with Crippen molar-refractivity contribution in [1.29, 1.82) is 0 Å². The first-order chi connectivity index (χ1) is 17.3. The third kappa shape index (κ3) is 6.86. The number of likely N-dealkylation sites (tertiary alicyclic amines) is 1. The molecule has 190 valence electrons. The summed E-state index contributed by atoms with van der Waals surface area (Å²) in [6, 6.07) is 20.0. The highest BCUT2D eigenvalue weighted by molar-refractivity contribution is 6.31. The number of halogens is 1. The summed E-state index contributed by atoms with van der Waals surface area (Å²) in [5.74, 6) is 0.935. The highest BCUT2D eigenvalue weighted by Gasteiger charge is 2.39. The van der Waals surface area contributed by atoms with Gasteiger partial charge in [-0.1, -0.05) is 48.0 Å². The number of benzene rings is 2. The Bertz CT molecular complexity index is 1170. The molecule has 0 unspecified atom stereocenters. The van der Waals surface area contributed by atoms with Gasteiger partial charge in [-0.15, -0.1) is 0 Å². The molecule has 4 rings (SSSR count). The lowest BCUT2D eigenvalue weighted by atomic mass is 9.77. The predicted octanol–water partition coefficient (Wildman–Crippen LogP) is 6.06. The molecule has 1 amide bonds. The van der Waals surface area contributed by atoms with Crippen molar-refractivity contribution in [3.05, 3.63) is 94.3 Å². The number of aryl methyl sites for hydroxylation is 2. The van der Waals surface area contributed by atoms with Crippen molar-refractivity contribution in [2.24, 2.45) is 5.41 Å². The van der Waals surface area contributed by atoms with Crippen LogP contribution in [0.15, 0.2) is 66.9 Å². The van der Waals surface area contributed by atoms with Crippen LogP contribution < -0.4 is 4.74 Å². The molecule has 0 spiro atoms. The minimum atomic E-state index is -0.281. The number of carbonyl (C=O) groups is 1. The van der Waals surface area contributed by atoms with Gasteiger partial charge in [0.2, 0.25) is 5.91 Å². The molecule has 1 saturated heterocycles. The van der Waals surface area contributed by atoms with Gasteiger partial charge < -0.3 is 9.64 Å². The lowest BCUT2D eigenvalue weighted by Gasteiger charge is -2.43. The van der Waals surface area contributed by atoms with Crippen molar-refractivity contribution >= 4 is 17.5 Å². The van der Waals surface area contributed by atoms with E-state index in [4.69, 9.17) is 16.3 Å². The maximum atomic E-state index is 13.5. The van der Waals surface area contributed by atoms with Crippen LogP contribution in [0.25, 0.3) is 0 Å². The zero-order chi connectivity index (χ0) is 25.5. The molecule has 0 radical (unpaired) electrons. The summed E-state index contributed by atoms with van der Waals surface area (Å²) >= 11 is 6.22. The van der Waals surface area contributed by atoms with E-state index < -0.39 is 0 Å². The van der Waals surface area contributed by atoms with Crippen LogP contribution in [0, 0.1) is 19.3 Å². The second-order valence-corrected chi connectivity index (χ2v) is 10.6. The predicted molar refractivity (Wildman–Crippen MR) is 145 cm³/mol. The highest BCUT2D eigenvalue weighted by Crippen LogP contribution is 2.36. The summed E-state index contributed by atoms with van der Waals surface area (Å²) in [6.07, 6.45) is 4.26. The van der Waals surface area contributed by atoms with Crippen LogP contribution >= 0.6 is 11.6 Å². The lowest BCUT2D eigenvalue weighted by Crippen LogP contribution is -2.48. The van der Waals surface area contributed by atoms with Gasteiger partial charge in [0.05, 0.1) is 12.3 Å². The number of amides is 1. The molecule has 1 aliphatic heterocycles. The number of pyridine rings is 1. The monoisotopic (exact) mass is 505 g/mol. The summed E-state index contributed by atoms with van der Waals surface area (Å²) in [5.41, 5.74) is 4.12. The Morgan fingerprint density at radius 2 is 1.92 bits per heavy atom. The number of nitrogens with zero attached hydrogens (tertiary/aromatic N) is 3. The quantitative estimate of drug-likeness (QED) is 0.354. The first-order valence-electron chi connectivity index (χ1n) is 12.6. The Morgan fingerprint density at radius 3 is 2.67 bits per heavy atom. The lowest BCUT2D eigenvalue weighted by molar-refractivity contribution is -0.135. The molecule has 0 N–H and O–H groups in total. The third-order valence-corrected chi connectivity index (χ3v) is 7.54. The summed E-state index contributed by atoms with van der Waals surface area (Å²) in [7, 11) is 1.89. The first-order valence-corrected chi connectivity index (χ1v) is 13.0. The fraction of sp³-hybridized carbons (Fsp3) is 0.400. The van der Waals surface area contributed by atoms with Gasteiger partial charge in [0.1, 0.15) is 5.75 Å². The third-order valence-electron chi connectivity index (χ3n) is 7.12. The van der Waals surface area contributed by atoms with E-state index in [2.05, 4.69) is 35.0 Å². The fourth-order valence-electron chi connectivity index (χ4n) is 5.00. The average molecular weight is 506 g/mol. The largest absolute Gasteiger partial charge is 0.493 e. The first kappa shape index (κ1) is 26.2. The smallest absolute Gasteiger partial charge is 0.223 e. The number of hydrogen-bond acceptors (Lipinski definition) is 4. The Balaban J connectivity index is 1.51. The Hall–Kier alpha value is -2.89. The normalized spacial score (nSPS) is 18.1. The second-order valence-electron chi connectivity index (χ2n) is 10.2. The summed E-state index contributed by atoms with van der Waals surface area (Å²) < 4.78 is 6.33. The minimum Gasteiger partial charge on any atom is -0.493 e. The van der Waals surface area contributed by atoms with Crippen LogP contribution in [0.1, 0.15) is 41.6 Å². The van der Waals surface area contributed by atoms with Gasteiger partial charge in [0.25, 0.3) is 0 Å². The number of aromatic nitrogens is 1. The molecule has 1 fully saturated rings. The van der Waals surface area contributed by atoms with E-state index in [1.165, 1.54) is 5.56 Å². The van der Waals surface area contributed by atoms with Crippen LogP contribution in [-0.4, -0.2) is 47.4 Å². The van der Waals surface area contributed by atoms with Crippen LogP contribution in [0.3, 0.4) is 0 Å². The molecule has 5 nitrogen and oxygen atoms in total. The molecule has 0 saturated carbocycles. The molecule has 1 atom stereocenters. The van der Waals surface area contributed by atoms with E-state index in [0.29, 0.717) is 19.6 Å².